The summed E-state index contributed by atoms with van der Waals surface area (Å²) >= 11 is 0. The Morgan fingerprint density at radius 1 is 1.34 bits per heavy atom. The standard InChI is InChI=1S/C21H23FN8O2/c1-11-6-7-14(22)12(9-11)10-27-19-13(5-4-8-26-19)15(23)20-28-17(24)16(18(25)29-20)30(2)21(31)32-3/h4-9H,10,23H2,1-3H3,(H4,24,25,28,29)/i2D3,4D,5D,6D,7D,8D,9D. The lowest BCUT2D eigenvalue weighted by Gasteiger charge is -2.19. The molecule has 0 spiro atoms. The van der Waals surface area contributed by atoms with Gasteiger partial charge in [0.2, 0.25) is 0 Å². The normalized spacial score (nSPS) is 21.0. The Bertz CT molecular complexity index is 1540. The van der Waals surface area contributed by atoms with Gasteiger partial charge in [-0.1, -0.05) is 17.6 Å². The third-order valence-electron chi connectivity index (χ3n) is 4.01. The van der Waals surface area contributed by atoms with Gasteiger partial charge in [-0.2, -0.15) is 0 Å². The SMILES string of the molecule is [2H]C1=NC(=NCc2c([2H])c(C)c([2H])c([2H])c2F)C(=C(N)c2nc(N)c(N(C(=O)OC)C([2H])([2H])[2H])c(N)n2)C([2H])=C1[2H]. The van der Waals surface area contributed by atoms with E-state index in [1.807, 2.05) is 0 Å². The predicted octanol–water partition coefficient (Wildman–Crippen LogP) is 2.20. The van der Waals surface area contributed by atoms with Crippen molar-refractivity contribution in [2.75, 3.05) is 30.5 Å². The summed E-state index contributed by atoms with van der Waals surface area (Å²) in [4.78, 5) is 28.0. The molecular weight excluding hydrogens is 415 g/mol. The molecule has 1 aliphatic heterocycles. The van der Waals surface area contributed by atoms with Crippen molar-refractivity contribution in [3.8, 4) is 0 Å². The van der Waals surface area contributed by atoms with Gasteiger partial charge in [-0.3, -0.25) is 9.89 Å². The Balaban J connectivity index is 2.22. The van der Waals surface area contributed by atoms with Crippen LogP contribution >= 0.6 is 0 Å². The molecule has 2 heterocycles. The third kappa shape index (κ3) is 4.56. The van der Waals surface area contributed by atoms with Crippen LogP contribution in [-0.2, 0) is 11.3 Å². The minimum Gasteiger partial charge on any atom is -0.452 e. The molecule has 1 aromatic heterocycles. The molecule has 3 rings (SSSR count). The van der Waals surface area contributed by atoms with Crippen LogP contribution in [0.4, 0.5) is 26.5 Å². The van der Waals surface area contributed by atoms with E-state index in [0.717, 1.165) is 7.11 Å². The van der Waals surface area contributed by atoms with E-state index in [9.17, 15) is 9.18 Å². The number of methoxy groups -OCH3 is 1. The topological polar surface area (TPSA) is 158 Å². The first-order chi connectivity index (χ1) is 18.9. The van der Waals surface area contributed by atoms with Crippen molar-refractivity contribution >= 4 is 41.1 Å². The van der Waals surface area contributed by atoms with Gasteiger partial charge < -0.3 is 21.9 Å². The summed E-state index contributed by atoms with van der Waals surface area (Å²) in [5.74, 6) is -3.33. The van der Waals surface area contributed by atoms with Gasteiger partial charge in [0.25, 0.3) is 0 Å². The number of halogens is 1. The van der Waals surface area contributed by atoms with Crippen LogP contribution in [0.2, 0.25) is 0 Å². The number of hydrogen-bond donors (Lipinski definition) is 3. The Hall–Kier alpha value is -4.28. The van der Waals surface area contributed by atoms with Crippen molar-refractivity contribution in [1.29, 1.82) is 0 Å². The summed E-state index contributed by atoms with van der Waals surface area (Å²) in [6.45, 7) is -2.35. The zero-order valence-electron chi connectivity index (χ0n) is 25.9. The molecule has 11 heteroatoms. The first-order valence-electron chi connectivity index (χ1n) is 13.3. The Kier molecular flexibility index (Phi) is 3.81. The van der Waals surface area contributed by atoms with E-state index in [4.69, 9.17) is 29.5 Å². The van der Waals surface area contributed by atoms with Crippen LogP contribution < -0.4 is 22.1 Å². The monoisotopic (exact) mass is 447 g/mol. The van der Waals surface area contributed by atoms with E-state index in [1.165, 1.54) is 6.92 Å². The molecule has 1 aromatic carbocycles. The number of carbonyl (C=O) groups excluding carboxylic acids is 1. The molecule has 0 atom stereocenters. The number of amidine groups is 1. The van der Waals surface area contributed by atoms with E-state index in [0.29, 0.717) is 0 Å². The smallest absolute Gasteiger partial charge is 0.413 e. The Morgan fingerprint density at radius 2 is 2.06 bits per heavy atom. The van der Waals surface area contributed by atoms with Crippen LogP contribution in [0.15, 0.2) is 45.8 Å². The highest BCUT2D eigenvalue weighted by Gasteiger charge is 2.22. The first kappa shape index (κ1) is 13.2. The molecule has 1 amide bonds. The molecule has 32 heavy (non-hydrogen) atoms. The summed E-state index contributed by atoms with van der Waals surface area (Å²) in [7, 11) is 0.930. The van der Waals surface area contributed by atoms with Crippen LogP contribution in [0.25, 0.3) is 5.70 Å². The molecule has 10 nitrogen and oxygen atoms in total. The summed E-state index contributed by atoms with van der Waals surface area (Å²) in [5.41, 5.74) is 16.2. The number of nitrogens with two attached hydrogens (primary N) is 3. The molecule has 166 valence electrons. The van der Waals surface area contributed by atoms with Gasteiger partial charge in [-0.15, -0.1) is 0 Å². The highest BCUT2D eigenvalue weighted by atomic mass is 19.1. The number of amides is 1. The van der Waals surface area contributed by atoms with Crippen LogP contribution in [-0.4, -0.2) is 42.2 Å². The maximum absolute atomic E-state index is 14.7. The fourth-order valence-corrected chi connectivity index (χ4v) is 2.52. The average Bonchev–Trinajstić information content (AvgIpc) is 2.89. The summed E-state index contributed by atoms with van der Waals surface area (Å²) in [6, 6.07) is -2.93. The Labute approximate surface area is 196 Å². The molecule has 0 fully saturated rings. The van der Waals surface area contributed by atoms with E-state index >= 15 is 0 Å². The molecule has 0 bridgehead atoms. The van der Waals surface area contributed by atoms with Crippen molar-refractivity contribution in [1.82, 2.24) is 9.97 Å². The summed E-state index contributed by atoms with van der Waals surface area (Å²) in [5, 5.41) is 0. The molecule has 0 saturated heterocycles. The highest BCUT2D eigenvalue weighted by molar-refractivity contribution is 6.13. The molecule has 6 N–H and O–H groups in total. The van der Waals surface area contributed by atoms with Crippen LogP contribution in [0.1, 0.15) is 29.3 Å². The fraction of sp³-hybridized carbons (Fsp3) is 0.190. The second-order valence-corrected chi connectivity index (χ2v) is 6.17. The van der Waals surface area contributed by atoms with Gasteiger partial charge >= 0.3 is 6.09 Å². The molecule has 2 aromatic rings. The van der Waals surface area contributed by atoms with Gasteiger partial charge in [-0.05, 0) is 25.1 Å². The Morgan fingerprint density at radius 3 is 2.72 bits per heavy atom. The summed E-state index contributed by atoms with van der Waals surface area (Å²) in [6.07, 6.45) is -2.02. The molecule has 0 unspecified atom stereocenters. The van der Waals surface area contributed by atoms with Gasteiger partial charge in [0.05, 0.1) is 27.6 Å². The highest BCUT2D eigenvalue weighted by Crippen LogP contribution is 2.29. The number of dihydropyridines is 1. The molecule has 1 aliphatic rings. The maximum atomic E-state index is 14.7. The van der Waals surface area contributed by atoms with Gasteiger partial charge in [0, 0.05) is 28.4 Å². The van der Waals surface area contributed by atoms with Crippen LogP contribution in [0.5, 0.6) is 0 Å². The van der Waals surface area contributed by atoms with E-state index in [-0.39, 0.29) is 22.1 Å². The summed E-state index contributed by atoms with van der Waals surface area (Å²) < 4.78 is 90.0. The maximum Gasteiger partial charge on any atom is 0.413 e. The largest absolute Gasteiger partial charge is 0.452 e. The number of allylic oxidation sites excluding steroid dienone is 1. The quantitative estimate of drug-likeness (QED) is 0.648. The van der Waals surface area contributed by atoms with E-state index in [1.54, 1.807) is 0 Å². The van der Waals surface area contributed by atoms with Crippen LogP contribution in [0, 0.1) is 12.7 Å². The number of anilines is 3. The second kappa shape index (κ2) is 9.25. The van der Waals surface area contributed by atoms with Crippen molar-refractivity contribution in [3.63, 3.8) is 0 Å². The number of aliphatic imine (C=N–C) groups is 2. The fourth-order valence-electron chi connectivity index (χ4n) is 2.52. The van der Waals surface area contributed by atoms with Crippen molar-refractivity contribution < 1.29 is 26.3 Å². The lowest BCUT2D eigenvalue weighted by Crippen LogP contribution is -2.28. The number of benzene rings is 1. The molecule has 0 saturated carbocycles. The average molecular weight is 448 g/mol. The van der Waals surface area contributed by atoms with Crippen molar-refractivity contribution in [3.05, 3.63) is 58.6 Å². The van der Waals surface area contributed by atoms with E-state index < -0.39 is 96.1 Å². The number of ether oxygens (including phenoxy) is 1. The second-order valence-electron chi connectivity index (χ2n) is 6.17. The molecular formula is C21H23FN8O2. The number of aromatic nitrogens is 2. The number of nitrogen functional groups attached to an aromatic ring is 2. The van der Waals surface area contributed by atoms with E-state index in [2.05, 4.69) is 24.7 Å². The number of carbonyl (C=O) groups is 1. The van der Waals surface area contributed by atoms with Gasteiger partial charge in [-0.25, -0.2) is 24.1 Å². The van der Waals surface area contributed by atoms with Crippen molar-refractivity contribution in [2.24, 2.45) is 15.7 Å². The first-order valence-corrected chi connectivity index (χ1v) is 8.78. The predicted molar refractivity (Wildman–Crippen MR) is 123 cm³/mol. The van der Waals surface area contributed by atoms with Crippen LogP contribution in [0.3, 0.4) is 0 Å². The number of hydrogen-bond acceptors (Lipinski definition) is 8. The minimum atomic E-state index is -3.11. The lowest BCUT2D eigenvalue weighted by atomic mass is 10.1. The molecule has 0 aliphatic carbocycles. The number of rotatable bonds is 4. The molecule has 0 radical (unpaired) electrons. The lowest BCUT2D eigenvalue weighted by molar-refractivity contribution is 0.180. The zero-order chi connectivity index (χ0) is 31.1. The minimum absolute atomic E-state index is 0.0298. The van der Waals surface area contributed by atoms with Gasteiger partial charge in [0.1, 0.15) is 11.5 Å². The van der Waals surface area contributed by atoms with Crippen molar-refractivity contribution in [2.45, 2.75) is 13.5 Å². The zero-order valence-corrected chi connectivity index (χ0v) is 16.9. The third-order valence-corrected chi connectivity index (χ3v) is 4.01. The van der Waals surface area contributed by atoms with Gasteiger partial charge in [0.15, 0.2) is 23.3 Å². The number of nitrogens with zero attached hydrogens (tertiary/aromatic N) is 5.